The number of nitrogens with zero attached hydrogens (tertiary/aromatic N) is 3. The summed E-state index contributed by atoms with van der Waals surface area (Å²) in [6, 6.07) is 3.48. The normalized spacial score (nSPS) is 11.1. The highest BCUT2D eigenvalue weighted by molar-refractivity contribution is 7.20. The van der Waals surface area contributed by atoms with Gasteiger partial charge < -0.3 is 19.9 Å². The number of amides is 1. The van der Waals surface area contributed by atoms with Crippen LogP contribution in [0.3, 0.4) is 0 Å². The van der Waals surface area contributed by atoms with Crippen molar-refractivity contribution in [2.75, 3.05) is 26.0 Å². The quantitative estimate of drug-likeness (QED) is 0.674. The molecule has 0 aliphatic rings. The number of hydrogen-bond acceptors (Lipinski definition) is 7. The third kappa shape index (κ3) is 3.99. The summed E-state index contributed by atoms with van der Waals surface area (Å²) in [7, 11) is 3.79. The second-order valence-corrected chi connectivity index (χ2v) is 7.22. The number of ether oxygens (including phenoxy) is 1. The summed E-state index contributed by atoms with van der Waals surface area (Å²) in [6.07, 6.45) is 1.58. The molecule has 0 radical (unpaired) electrons. The van der Waals surface area contributed by atoms with Crippen molar-refractivity contribution < 1.29 is 9.53 Å². The van der Waals surface area contributed by atoms with Crippen molar-refractivity contribution in [2.45, 2.75) is 20.4 Å². The number of thiophene rings is 1. The van der Waals surface area contributed by atoms with Gasteiger partial charge in [-0.25, -0.2) is 9.97 Å². The van der Waals surface area contributed by atoms with Crippen LogP contribution < -0.4 is 15.6 Å². The lowest BCUT2D eigenvalue weighted by Crippen LogP contribution is -2.18. The van der Waals surface area contributed by atoms with E-state index in [0.717, 1.165) is 0 Å². The van der Waals surface area contributed by atoms with Gasteiger partial charge in [0.15, 0.2) is 11.6 Å². The molecule has 0 bridgehead atoms. The number of aromatic nitrogens is 3. The van der Waals surface area contributed by atoms with Gasteiger partial charge in [0, 0.05) is 6.20 Å². The molecule has 0 saturated carbocycles. The fraction of sp³-hybridized carbons (Fsp3) is 0.333. The Balaban J connectivity index is 1.97. The first kappa shape index (κ1) is 19.0. The highest BCUT2D eigenvalue weighted by Crippen LogP contribution is 2.29. The summed E-state index contributed by atoms with van der Waals surface area (Å²) in [5.41, 5.74) is 0.365. The number of rotatable bonds is 6. The molecule has 3 aromatic rings. The number of hydrogen-bond donors (Lipinski definition) is 2. The largest absolute Gasteiger partial charge is 0.490 e. The molecule has 0 aromatic carbocycles. The van der Waals surface area contributed by atoms with E-state index in [2.05, 4.69) is 20.3 Å². The van der Waals surface area contributed by atoms with Crippen molar-refractivity contribution in [3.8, 4) is 5.75 Å². The van der Waals surface area contributed by atoms with Crippen LogP contribution in [0.5, 0.6) is 5.75 Å². The average Bonchev–Trinajstić information content (AvgIpc) is 2.93. The lowest BCUT2D eigenvalue weighted by Gasteiger charge is -2.09. The standard InChI is InChI=1S/C18H21N5O3S/c1-5-26-11-7-6-8-19-15(11)22-17(25)14-10(2)13-16(24)20-12(9-23(3)4)21-18(13)27-14/h6-8H,5,9H2,1-4H3,(H,19,22,25)(H,20,21,24). The highest BCUT2D eigenvalue weighted by Gasteiger charge is 2.20. The smallest absolute Gasteiger partial charge is 0.267 e. The molecule has 1 amide bonds. The van der Waals surface area contributed by atoms with Crippen LogP contribution in [-0.4, -0.2) is 46.5 Å². The highest BCUT2D eigenvalue weighted by atomic mass is 32.1. The van der Waals surface area contributed by atoms with Crippen LogP contribution in [0.2, 0.25) is 0 Å². The van der Waals surface area contributed by atoms with E-state index in [4.69, 9.17) is 4.74 Å². The molecule has 0 spiro atoms. The Hall–Kier alpha value is -2.78. The van der Waals surface area contributed by atoms with Gasteiger partial charge in [-0.2, -0.15) is 0 Å². The molecule has 3 aromatic heterocycles. The molecular weight excluding hydrogens is 366 g/mol. The van der Waals surface area contributed by atoms with Crippen LogP contribution in [0.25, 0.3) is 10.2 Å². The number of carbonyl (C=O) groups is 1. The van der Waals surface area contributed by atoms with E-state index in [-0.39, 0.29) is 11.5 Å². The monoisotopic (exact) mass is 387 g/mol. The van der Waals surface area contributed by atoms with Crippen molar-refractivity contribution in [3.05, 3.63) is 44.9 Å². The molecular formula is C18H21N5O3S. The Morgan fingerprint density at radius 1 is 1.41 bits per heavy atom. The van der Waals surface area contributed by atoms with E-state index >= 15 is 0 Å². The Morgan fingerprint density at radius 2 is 2.19 bits per heavy atom. The second-order valence-electron chi connectivity index (χ2n) is 6.22. The number of anilines is 1. The molecule has 0 atom stereocenters. The summed E-state index contributed by atoms with van der Waals surface area (Å²) in [5.74, 6) is 1.06. The maximum atomic E-state index is 12.8. The molecule has 3 rings (SSSR count). The number of pyridine rings is 1. The Bertz CT molecular complexity index is 1040. The average molecular weight is 387 g/mol. The van der Waals surface area contributed by atoms with Crippen LogP contribution in [0.15, 0.2) is 23.1 Å². The predicted molar refractivity (Wildman–Crippen MR) is 106 cm³/mol. The molecule has 142 valence electrons. The molecule has 3 heterocycles. The molecule has 8 nitrogen and oxygen atoms in total. The van der Waals surface area contributed by atoms with Gasteiger partial charge in [-0.3, -0.25) is 9.59 Å². The fourth-order valence-electron chi connectivity index (χ4n) is 2.70. The third-order valence-electron chi connectivity index (χ3n) is 3.82. The fourth-order valence-corrected chi connectivity index (χ4v) is 3.80. The zero-order chi connectivity index (χ0) is 19.6. The molecule has 0 fully saturated rings. The molecule has 0 aliphatic heterocycles. The first-order valence-electron chi connectivity index (χ1n) is 8.46. The summed E-state index contributed by atoms with van der Waals surface area (Å²) in [6.45, 7) is 4.58. The number of carbonyl (C=O) groups excluding carboxylic acids is 1. The van der Waals surface area contributed by atoms with Gasteiger partial charge in [-0.1, -0.05) is 0 Å². The van der Waals surface area contributed by atoms with Gasteiger partial charge in [0.1, 0.15) is 10.7 Å². The van der Waals surface area contributed by atoms with Crippen LogP contribution in [0.1, 0.15) is 28.0 Å². The number of nitrogens with one attached hydrogen (secondary N) is 2. The molecule has 0 unspecified atom stereocenters. The predicted octanol–water partition coefficient (Wildman–Crippen LogP) is 2.40. The van der Waals surface area contributed by atoms with Gasteiger partial charge in [0.2, 0.25) is 0 Å². The Morgan fingerprint density at radius 3 is 2.89 bits per heavy atom. The van der Waals surface area contributed by atoms with E-state index in [1.807, 2.05) is 25.9 Å². The van der Waals surface area contributed by atoms with Gasteiger partial charge in [0.25, 0.3) is 11.5 Å². The number of H-pyrrole nitrogens is 1. The van der Waals surface area contributed by atoms with Gasteiger partial charge in [-0.05, 0) is 45.6 Å². The van der Waals surface area contributed by atoms with Gasteiger partial charge >= 0.3 is 0 Å². The Labute approximate surface area is 160 Å². The van der Waals surface area contributed by atoms with E-state index < -0.39 is 0 Å². The van der Waals surface area contributed by atoms with Crippen LogP contribution in [-0.2, 0) is 6.54 Å². The first-order valence-corrected chi connectivity index (χ1v) is 9.28. The van der Waals surface area contributed by atoms with E-state index in [0.29, 0.717) is 51.2 Å². The van der Waals surface area contributed by atoms with Crippen LogP contribution >= 0.6 is 11.3 Å². The summed E-state index contributed by atoms with van der Waals surface area (Å²) >= 11 is 1.20. The second kappa shape index (κ2) is 7.85. The summed E-state index contributed by atoms with van der Waals surface area (Å²) in [4.78, 5) is 39.6. The summed E-state index contributed by atoms with van der Waals surface area (Å²) < 4.78 is 5.49. The topological polar surface area (TPSA) is 100 Å². The van der Waals surface area contributed by atoms with Gasteiger partial charge in [0.05, 0.1) is 23.4 Å². The summed E-state index contributed by atoms with van der Waals surface area (Å²) in [5, 5.41) is 3.21. The number of fused-ring (bicyclic) bond motifs is 1. The third-order valence-corrected chi connectivity index (χ3v) is 5.01. The zero-order valence-electron chi connectivity index (χ0n) is 15.6. The molecule has 2 N–H and O–H groups in total. The van der Waals surface area contributed by atoms with Crippen molar-refractivity contribution >= 4 is 33.3 Å². The maximum Gasteiger partial charge on any atom is 0.267 e. The van der Waals surface area contributed by atoms with Crippen molar-refractivity contribution in [1.29, 1.82) is 0 Å². The number of aromatic amines is 1. The van der Waals surface area contributed by atoms with Crippen molar-refractivity contribution in [3.63, 3.8) is 0 Å². The van der Waals surface area contributed by atoms with E-state index in [1.54, 1.807) is 25.3 Å². The maximum absolute atomic E-state index is 12.8. The lowest BCUT2D eigenvalue weighted by atomic mass is 10.2. The Kier molecular flexibility index (Phi) is 5.52. The van der Waals surface area contributed by atoms with E-state index in [1.165, 1.54) is 11.3 Å². The van der Waals surface area contributed by atoms with Crippen LogP contribution in [0, 0.1) is 6.92 Å². The van der Waals surface area contributed by atoms with Crippen molar-refractivity contribution in [2.24, 2.45) is 0 Å². The van der Waals surface area contributed by atoms with Gasteiger partial charge in [-0.15, -0.1) is 11.3 Å². The zero-order valence-corrected chi connectivity index (χ0v) is 16.4. The minimum Gasteiger partial charge on any atom is -0.490 e. The minimum absolute atomic E-state index is 0.238. The molecule has 9 heteroatoms. The van der Waals surface area contributed by atoms with E-state index in [9.17, 15) is 9.59 Å². The molecule has 0 aliphatic carbocycles. The SMILES string of the molecule is CCOc1cccnc1NC(=O)c1sc2nc(CN(C)C)[nH]c(=O)c2c1C. The lowest BCUT2D eigenvalue weighted by molar-refractivity contribution is 0.102. The minimum atomic E-state index is -0.344. The van der Waals surface area contributed by atoms with Crippen molar-refractivity contribution in [1.82, 2.24) is 19.9 Å². The van der Waals surface area contributed by atoms with Crippen LogP contribution in [0.4, 0.5) is 5.82 Å². The first-order chi connectivity index (χ1) is 12.9. The molecule has 0 saturated heterocycles. The molecule has 27 heavy (non-hydrogen) atoms. The number of aryl methyl sites for hydroxylation is 1.